The second-order valence-corrected chi connectivity index (χ2v) is 6.12. The van der Waals surface area contributed by atoms with E-state index in [0.717, 1.165) is 0 Å². The maximum atomic E-state index is 11.6. The van der Waals surface area contributed by atoms with Crippen LogP contribution in [0.15, 0.2) is 0 Å². The Morgan fingerprint density at radius 3 is 2.21 bits per heavy atom. The van der Waals surface area contributed by atoms with E-state index in [-0.39, 0.29) is 30.8 Å². The van der Waals surface area contributed by atoms with Crippen LogP contribution in [0.5, 0.6) is 0 Å². The van der Waals surface area contributed by atoms with E-state index < -0.39 is 23.2 Å². The van der Waals surface area contributed by atoms with Crippen molar-refractivity contribution in [2.45, 2.75) is 70.7 Å². The average molecular weight is 272 g/mol. The number of carbonyl (C=O) groups is 2. The average Bonchev–Trinajstić information content (AvgIpc) is 2.70. The number of aliphatic hydroxyl groups is 3. The van der Waals surface area contributed by atoms with Crippen LogP contribution in [0.4, 0.5) is 0 Å². The number of aliphatic hydroxyl groups excluding tert-OH is 2. The van der Waals surface area contributed by atoms with Gasteiger partial charge < -0.3 is 20.1 Å². The fraction of sp³-hybridized carbons (Fsp3) is 0.857. The van der Waals surface area contributed by atoms with E-state index >= 15 is 0 Å². The quantitative estimate of drug-likeness (QED) is 0.601. The third-order valence-electron chi connectivity index (χ3n) is 4.29. The smallest absolute Gasteiger partial charge is 0.161 e. The first kappa shape index (κ1) is 16.3. The van der Waals surface area contributed by atoms with E-state index in [1.54, 1.807) is 13.8 Å². The van der Waals surface area contributed by atoms with Crippen LogP contribution in [0, 0.1) is 5.41 Å². The van der Waals surface area contributed by atoms with Crippen molar-refractivity contribution in [2.24, 2.45) is 5.41 Å². The molecular formula is C14H24O5. The molecule has 1 saturated carbocycles. The highest BCUT2D eigenvalue weighted by Crippen LogP contribution is 2.58. The zero-order chi connectivity index (χ0) is 14.8. The Morgan fingerprint density at radius 1 is 1.26 bits per heavy atom. The van der Waals surface area contributed by atoms with Gasteiger partial charge in [-0.15, -0.1) is 0 Å². The fourth-order valence-electron chi connectivity index (χ4n) is 2.46. The zero-order valence-corrected chi connectivity index (χ0v) is 11.8. The molecule has 3 unspecified atom stereocenters. The maximum absolute atomic E-state index is 11.6. The van der Waals surface area contributed by atoms with Gasteiger partial charge in [-0.2, -0.15) is 0 Å². The molecule has 0 heterocycles. The Morgan fingerprint density at radius 2 is 1.79 bits per heavy atom. The number of Topliss-reactive ketones (excluding diaryl/α,β-unsaturated/α-hetero) is 2. The number of hydrogen-bond donors (Lipinski definition) is 3. The molecule has 110 valence electrons. The van der Waals surface area contributed by atoms with E-state index in [4.69, 9.17) is 0 Å². The van der Waals surface area contributed by atoms with Gasteiger partial charge in [-0.25, -0.2) is 0 Å². The molecule has 3 atom stereocenters. The summed E-state index contributed by atoms with van der Waals surface area (Å²) in [6.07, 6.45) is -0.577. The topological polar surface area (TPSA) is 94.8 Å². The first-order valence-electron chi connectivity index (χ1n) is 6.73. The van der Waals surface area contributed by atoms with Gasteiger partial charge >= 0.3 is 0 Å². The normalized spacial score (nSPS) is 29.9. The van der Waals surface area contributed by atoms with Gasteiger partial charge in [0.1, 0.15) is 11.9 Å². The molecule has 0 amide bonds. The van der Waals surface area contributed by atoms with Crippen LogP contribution in [0.3, 0.4) is 0 Å². The highest BCUT2D eigenvalue weighted by atomic mass is 16.4. The first-order valence-corrected chi connectivity index (χ1v) is 6.73. The first-order chi connectivity index (χ1) is 8.63. The summed E-state index contributed by atoms with van der Waals surface area (Å²) in [5.41, 5.74) is -1.64. The summed E-state index contributed by atoms with van der Waals surface area (Å²) in [5.74, 6) is -0.359. The van der Waals surface area contributed by atoms with Crippen LogP contribution < -0.4 is 0 Å². The van der Waals surface area contributed by atoms with Gasteiger partial charge in [0.15, 0.2) is 5.78 Å². The van der Waals surface area contributed by atoms with Crippen LogP contribution in [0.1, 0.15) is 52.9 Å². The molecule has 19 heavy (non-hydrogen) atoms. The molecule has 0 saturated heterocycles. The molecule has 1 rings (SSSR count). The van der Waals surface area contributed by atoms with Crippen molar-refractivity contribution in [3.63, 3.8) is 0 Å². The van der Waals surface area contributed by atoms with Crippen molar-refractivity contribution in [1.29, 1.82) is 0 Å². The molecule has 1 aliphatic carbocycles. The molecule has 5 nitrogen and oxygen atoms in total. The number of hydrogen-bond acceptors (Lipinski definition) is 5. The van der Waals surface area contributed by atoms with E-state index in [9.17, 15) is 24.9 Å². The molecular weight excluding hydrogens is 248 g/mol. The van der Waals surface area contributed by atoms with Crippen LogP contribution >= 0.6 is 0 Å². The Kier molecular flexibility index (Phi) is 4.87. The molecule has 1 aliphatic rings. The van der Waals surface area contributed by atoms with Crippen LogP contribution in [0.25, 0.3) is 0 Å². The summed E-state index contributed by atoms with van der Waals surface area (Å²) in [6.45, 7) is 4.98. The van der Waals surface area contributed by atoms with Crippen molar-refractivity contribution in [2.75, 3.05) is 0 Å². The largest absolute Gasteiger partial charge is 0.389 e. The lowest BCUT2D eigenvalue weighted by atomic mass is 9.98. The molecule has 0 aromatic carbocycles. The number of rotatable bonds is 8. The third-order valence-corrected chi connectivity index (χ3v) is 4.29. The minimum absolute atomic E-state index is 0.0518. The lowest BCUT2D eigenvalue weighted by molar-refractivity contribution is -0.128. The van der Waals surface area contributed by atoms with Crippen molar-refractivity contribution in [3.05, 3.63) is 0 Å². The molecule has 5 heteroatoms. The van der Waals surface area contributed by atoms with E-state index in [1.165, 1.54) is 6.92 Å². The summed E-state index contributed by atoms with van der Waals surface area (Å²) in [5, 5.41) is 29.2. The fourth-order valence-corrected chi connectivity index (χ4v) is 2.46. The van der Waals surface area contributed by atoms with Gasteiger partial charge in [-0.3, -0.25) is 4.79 Å². The minimum atomic E-state index is -1.11. The Labute approximate surface area is 113 Å². The molecule has 3 N–H and O–H groups in total. The molecule has 0 aliphatic heterocycles. The standard InChI is InChI=1S/C14H24O5/c1-9(15)6-7-11(17)10(16)5-4-8-14(19)12(18)13(14,2)3/h11-12,17-19H,4-8H2,1-3H3. The van der Waals surface area contributed by atoms with Gasteiger partial charge in [0.25, 0.3) is 0 Å². The van der Waals surface area contributed by atoms with Crippen LogP contribution in [-0.4, -0.2) is 44.7 Å². The van der Waals surface area contributed by atoms with Crippen molar-refractivity contribution >= 4 is 11.6 Å². The Bertz CT molecular complexity index is 363. The van der Waals surface area contributed by atoms with Gasteiger partial charge in [0.2, 0.25) is 0 Å². The monoisotopic (exact) mass is 272 g/mol. The molecule has 0 spiro atoms. The van der Waals surface area contributed by atoms with Gasteiger partial charge in [-0.05, 0) is 26.2 Å². The number of ketones is 2. The summed E-state index contributed by atoms with van der Waals surface area (Å²) in [4.78, 5) is 22.3. The summed E-state index contributed by atoms with van der Waals surface area (Å²) < 4.78 is 0. The van der Waals surface area contributed by atoms with Crippen molar-refractivity contribution in [1.82, 2.24) is 0 Å². The molecule has 0 aromatic heterocycles. The van der Waals surface area contributed by atoms with Gasteiger partial charge in [0.05, 0.1) is 11.7 Å². The van der Waals surface area contributed by atoms with Gasteiger partial charge in [0, 0.05) is 18.3 Å². The van der Waals surface area contributed by atoms with Crippen molar-refractivity contribution < 1.29 is 24.9 Å². The second kappa shape index (κ2) is 5.69. The highest BCUT2D eigenvalue weighted by molar-refractivity contribution is 5.83. The van der Waals surface area contributed by atoms with E-state index in [0.29, 0.717) is 12.8 Å². The van der Waals surface area contributed by atoms with Gasteiger partial charge in [-0.1, -0.05) is 13.8 Å². The molecule has 0 radical (unpaired) electrons. The summed E-state index contributed by atoms with van der Waals surface area (Å²) in [6, 6.07) is 0. The Balaban J connectivity index is 2.27. The van der Waals surface area contributed by atoms with Crippen molar-refractivity contribution in [3.8, 4) is 0 Å². The minimum Gasteiger partial charge on any atom is -0.389 e. The SMILES string of the molecule is CC(=O)CCC(O)C(=O)CCCC1(O)C(O)C1(C)C. The van der Waals surface area contributed by atoms with Crippen LogP contribution in [0.2, 0.25) is 0 Å². The second-order valence-electron chi connectivity index (χ2n) is 6.12. The lowest BCUT2D eigenvalue weighted by Crippen LogP contribution is -2.23. The maximum Gasteiger partial charge on any atom is 0.161 e. The van der Waals surface area contributed by atoms with E-state index in [2.05, 4.69) is 0 Å². The lowest BCUT2D eigenvalue weighted by Gasteiger charge is -2.13. The third kappa shape index (κ3) is 3.41. The molecule has 1 fully saturated rings. The Hall–Kier alpha value is -0.780. The van der Waals surface area contributed by atoms with Crippen LogP contribution in [-0.2, 0) is 9.59 Å². The predicted molar refractivity (Wildman–Crippen MR) is 69.5 cm³/mol. The predicted octanol–water partition coefficient (Wildman–Crippen LogP) is 0.588. The summed E-state index contributed by atoms with van der Waals surface area (Å²) >= 11 is 0. The van der Waals surface area contributed by atoms with E-state index in [1.807, 2.05) is 0 Å². The summed E-state index contributed by atoms with van der Waals surface area (Å²) in [7, 11) is 0. The highest BCUT2D eigenvalue weighted by Gasteiger charge is 2.69. The molecule has 0 aromatic rings. The zero-order valence-electron chi connectivity index (χ0n) is 11.8. The molecule has 0 bridgehead atoms. The number of carbonyl (C=O) groups excluding carboxylic acids is 2.